The van der Waals surface area contributed by atoms with E-state index in [0.717, 1.165) is 31.9 Å². The normalized spacial score (nSPS) is 24.3. The van der Waals surface area contributed by atoms with Crippen LogP contribution in [0.25, 0.3) is 11.0 Å². The minimum absolute atomic E-state index is 0.196. The fourth-order valence-corrected chi connectivity index (χ4v) is 5.05. The van der Waals surface area contributed by atoms with E-state index in [2.05, 4.69) is 15.5 Å². The summed E-state index contributed by atoms with van der Waals surface area (Å²) in [6.07, 6.45) is 0.196. The van der Waals surface area contributed by atoms with Crippen molar-refractivity contribution in [1.29, 1.82) is 0 Å². The number of piperazine rings is 1. The summed E-state index contributed by atoms with van der Waals surface area (Å²) in [5.41, 5.74) is 0.153. The quantitative estimate of drug-likeness (QED) is 0.630. The molecule has 2 aromatic rings. The second-order valence-electron chi connectivity index (χ2n) is 8.80. The van der Waals surface area contributed by atoms with Gasteiger partial charge < -0.3 is 15.5 Å². The van der Waals surface area contributed by atoms with E-state index < -0.39 is 23.3 Å². The van der Waals surface area contributed by atoms with E-state index in [-0.39, 0.29) is 25.3 Å². The number of imidazole rings is 1. The Hall–Kier alpha value is -2.72. The molecule has 1 unspecified atom stereocenters. The van der Waals surface area contributed by atoms with Crippen molar-refractivity contribution in [2.24, 2.45) is 7.05 Å². The summed E-state index contributed by atoms with van der Waals surface area (Å²) in [5.74, 6) is -0.731. The molecule has 0 aliphatic carbocycles. The number of anilines is 1. The van der Waals surface area contributed by atoms with Crippen LogP contribution in [-0.2, 0) is 16.6 Å². The summed E-state index contributed by atoms with van der Waals surface area (Å²) in [7, 11) is 1.62. The predicted molar refractivity (Wildman–Crippen MR) is 114 cm³/mol. The van der Waals surface area contributed by atoms with Crippen LogP contribution in [0.5, 0.6) is 0 Å². The van der Waals surface area contributed by atoms with Gasteiger partial charge in [-0.25, -0.2) is 9.18 Å². The molecule has 3 fully saturated rings. The number of halogens is 1. The summed E-state index contributed by atoms with van der Waals surface area (Å²) in [4.78, 5) is 42.0. The smallest absolute Gasteiger partial charge is 0.330 e. The fourth-order valence-electron chi connectivity index (χ4n) is 5.05. The first-order chi connectivity index (χ1) is 14.9. The summed E-state index contributed by atoms with van der Waals surface area (Å²) >= 11 is 0. The van der Waals surface area contributed by atoms with Crippen LogP contribution in [0.15, 0.2) is 23.0 Å². The predicted octanol–water partition coefficient (Wildman–Crippen LogP) is -0.596. The number of carbonyl (C=O) groups is 2. The number of alkyl halides is 1. The Morgan fingerprint density at radius 2 is 1.87 bits per heavy atom. The molecule has 31 heavy (non-hydrogen) atoms. The lowest BCUT2D eigenvalue weighted by atomic mass is 9.94. The van der Waals surface area contributed by atoms with E-state index in [9.17, 15) is 14.4 Å². The van der Waals surface area contributed by atoms with Gasteiger partial charge in [0, 0.05) is 52.7 Å². The standard InChI is InChI=1S/C21H27FN6O3/c1-25-17-14(27-12-21(22,13-27)11-26-9-7-23-8-10-26)3-2-4-15(17)28(20(25)31)18-16(29)5-6-24-19(18)30/h2-4,18,23H,5-13H2,1H3,(H,24,30). The number of hydrogen-bond donors (Lipinski definition) is 2. The zero-order valence-corrected chi connectivity index (χ0v) is 17.6. The molecule has 0 bridgehead atoms. The second-order valence-corrected chi connectivity index (χ2v) is 8.80. The average Bonchev–Trinajstić information content (AvgIpc) is 2.98. The number of ketones is 1. The van der Waals surface area contributed by atoms with Crippen LogP contribution < -0.4 is 21.2 Å². The number of hydrogen-bond acceptors (Lipinski definition) is 6. The number of carbonyl (C=O) groups excluding carboxylic acids is 2. The number of piperidine rings is 1. The number of benzene rings is 1. The van der Waals surface area contributed by atoms with Gasteiger partial charge in [-0.05, 0) is 12.1 Å². The fraction of sp³-hybridized carbons (Fsp3) is 0.571. The highest BCUT2D eigenvalue weighted by atomic mass is 19.1. The molecule has 4 heterocycles. The third-order valence-electron chi connectivity index (χ3n) is 6.57. The minimum atomic E-state index is -1.29. The molecule has 166 valence electrons. The van der Waals surface area contributed by atoms with Crippen molar-refractivity contribution >= 4 is 28.4 Å². The summed E-state index contributed by atoms with van der Waals surface area (Å²) in [6, 6.07) is 4.22. The van der Waals surface area contributed by atoms with Gasteiger partial charge in [-0.1, -0.05) is 6.07 Å². The summed E-state index contributed by atoms with van der Waals surface area (Å²) in [5, 5.41) is 5.95. The Labute approximate surface area is 178 Å². The number of fused-ring (bicyclic) bond motifs is 1. The molecule has 3 aliphatic rings. The van der Waals surface area contributed by atoms with Crippen LogP contribution in [0.2, 0.25) is 0 Å². The van der Waals surface area contributed by atoms with Crippen molar-refractivity contribution < 1.29 is 14.0 Å². The van der Waals surface area contributed by atoms with Gasteiger partial charge in [-0.2, -0.15) is 0 Å². The SMILES string of the molecule is Cn1c(=O)n(C2C(=O)CCNC2=O)c2cccc(N3CC(F)(CN4CCNCC4)C3)c21. The molecule has 0 spiro atoms. The van der Waals surface area contributed by atoms with Crippen LogP contribution in [0.4, 0.5) is 10.1 Å². The number of aromatic nitrogens is 2. The molecular formula is C21H27FN6O3. The maximum absolute atomic E-state index is 15.3. The Bertz CT molecular complexity index is 1080. The highest BCUT2D eigenvalue weighted by molar-refractivity contribution is 6.07. The lowest BCUT2D eigenvalue weighted by molar-refractivity contribution is -0.135. The first-order valence-electron chi connectivity index (χ1n) is 10.8. The molecule has 10 heteroatoms. The largest absolute Gasteiger partial charge is 0.363 e. The van der Waals surface area contributed by atoms with Gasteiger partial charge >= 0.3 is 5.69 Å². The molecule has 3 saturated heterocycles. The molecular weight excluding hydrogens is 403 g/mol. The highest BCUT2D eigenvalue weighted by Gasteiger charge is 2.46. The molecule has 9 nitrogen and oxygen atoms in total. The molecule has 1 aromatic carbocycles. The number of rotatable bonds is 4. The van der Waals surface area contributed by atoms with E-state index in [1.54, 1.807) is 19.2 Å². The van der Waals surface area contributed by atoms with Crippen molar-refractivity contribution in [3.8, 4) is 0 Å². The number of para-hydroxylation sites is 1. The minimum Gasteiger partial charge on any atom is -0.363 e. The molecule has 0 saturated carbocycles. The molecule has 1 atom stereocenters. The van der Waals surface area contributed by atoms with Crippen LogP contribution >= 0.6 is 0 Å². The van der Waals surface area contributed by atoms with Crippen LogP contribution in [-0.4, -0.2) is 83.8 Å². The number of nitrogens with zero attached hydrogens (tertiary/aromatic N) is 4. The van der Waals surface area contributed by atoms with Gasteiger partial charge in [0.25, 0.3) is 5.91 Å². The topological polar surface area (TPSA) is 91.6 Å². The van der Waals surface area contributed by atoms with E-state index >= 15 is 4.39 Å². The molecule has 1 aromatic heterocycles. The zero-order chi connectivity index (χ0) is 21.8. The average molecular weight is 430 g/mol. The number of amides is 1. The van der Waals surface area contributed by atoms with Gasteiger partial charge in [-0.15, -0.1) is 0 Å². The molecule has 5 rings (SSSR count). The lowest BCUT2D eigenvalue weighted by Crippen LogP contribution is -2.65. The highest BCUT2D eigenvalue weighted by Crippen LogP contribution is 2.36. The molecule has 1 amide bonds. The lowest BCUT2D eigenvalue weighted by Gasteiger charge is -2.48. The Balaban J connectivity index is 1.46. The van der Waals surface area contributed by atoms with Gasteiger partial charge in [0.1, 0.15) is 0 Å². The van der Waals surface area contributed by atoms with Crippen molar-refractivity contribution in [2.45, 2.75) is 18.1 Å². The van der Waals surface area contributed by atoms with Crippen molar-refractivity contribution in [1.82, 2.24) is 24.7 Å². The van der Waals surface area contributed by atoms with Crippen molar-refractivity contribution in [3.05, 3.63) is 28.7 Å². The van der Waals surface area contributed by atoms with Crippen LogP contribution in [0, 0.1) is 0 Å². The van der Waals surface area contributed by atoms with Gasteiger partial charge in [0.2, 0.25) is 0 Å². The van der Waals surface area contributed by atoms with Gasteiger partial charge in [-0.3, -0.25) is 23.6 Å². The maximum atomic E-state index is 15.3. The maximum Gasteiger partial charge on any atom is 0.330 e. The first-order valence-corrected chi connectivity index (χ1v) is 10.8. The summed E-state index contributed by atoms with van der Waals surface area (Å²) < 4.78 is 18.1. The van der Waals surface area contributed by atoms with E-state index in [4.69, 9.17) is 0 Å². The second kappa shape index (κ2) is 7.45. The van der Waals surface area contributed by atoms with Crippen LogP contribution in [0.1, 0.15) is 12.5 Å². The Morgan fingerprint density at radius 3 is 2.58 bits per heavy atom. The van der Waals surface area contributed by atoms with E-state index in [1.807, 2.05) is 11.0 Å². The number of aryl methyl sites for hydroxylation is 1. The van der Waals surface area contributed by atoms with Crippen molar-refractivity contribution in [3.63, 3.8) is 0 Å². The molecule has 3 aliphatic heterocycles. The number of Topliss-reactive ketones (excluding diaryl/α,β-unsaturated/α-hetero) is 1. The van der Waals surface area contributed by atoms with E-state index in [1.165, 1.54) is 9.13 Å². The van der Waals surface area contributed by atoms with Gasteiger partial charge in [0.05, 0.1) is 29.8 Å². The van der Waals surface area contributed by atoms with E-state index in [0.29, 0.717) is 24.1 Å². The first kappa shape index (κ1) is 20.2. The monoisotopic (exact) mass is 430 g/mol. The van der Waals surface area contributed by atoms with Gasteiger partial charge in [0.15, 0.2) is 17.5 Å². The zero-order valence-electron chi connectivity index (χ0n) is 17.6. The summed E-state index contributed by atoms with van der Waals surface area (Å²) in [6.45, 7) is 4.63. The third kappa shape index (κ3) is 3.34. The molecule has 2 N–H and O–H groups in total. The number of nitrogens with one attached hydrogen (secondary N) is 2. The van der Waals surface area contributed by atoms with Crippen molar-refractivity contribution in [2.75, 3.05) is 57.3 Å². The van der Waals surface area contributed by atoms with Crippen LogP contribution in [0.3, 0.4) is 0 Å². The Kier molecular flexibility index (Phi) is 4.86. The molecule has 0 radical (unpaired) electrons. The Morgan fingerprint density at radius 1 is 1.13 bits per heavy atom. The third-order valence-corrected chi connectivity index (χ3v) is 6.57.